The lowest BCUT2D eigenvalue weighted by atomic mass is 9.82. The molecule has 6 rings (SSSR count). The molecule has 188 valence electrons. The van der Waals surface area contributed by atoms with Crippen LogP contribution in [0.3, 0.4) is 0 Å². The maximum atomic E-state index is 15.2. The van der Waals surface area contributed by atoms with Crippen LogP contribution in [0.4, 0.5) is 4.39 Å². The van der Waals surface area contributed by atoms with Crippen molar-refractivity contribution in [3.05, 3.63) is 58.9 Å². The Morgan fingerprint density at radius 3 is 2.69 bits per heavy atom. The van der Waals surface area contributed by atoms with E-state index in [1.807, 2.05) is 12.1 Å². The molecule has 4 aliphatic rings. The summed E-state index contributed by atoms with van der Waals surface area (Å²) < 4.78 is 21.5. The summed E-state index contributed by atoms with van der Waals surface area (Å²) in [5.41, 5.74) is 4.55. The van der Waals surface area contributed by atoms with E-state index in [1.54, 1.807) is 12.1 Å². The minimum atomic E-state index is -0.514. The summed E-state index contributed by atoms with van der Waals surface area (Å²) in [7, 11) is 2.14. The Hall–Kier alpha value is -2.59. The second-order valence-electron chi connectivity index (χ2n) is 11.4. The van der Waals surface area contributed by atoms with Gasteiger partial charge in [0.25, 0.3) is 0 Å². The normalized spacial score (nSPS) is 27.2. The zero-order valence-corrected chi connectivity index (χ0v) is 20.9. The van der Waals surface area contributed by atoms with Crippen LogP contribution < -0.4 is 5.32 Å². The van der Waals surface area contributed by atoms with Gasteiger partial charge in [-0.1, -0.05) is 24.3 Å². The fraction of sp³-hybridized carbons (Fsp3) is 0.533. The highest BCUT2D eigenvalue weighted by Gasteiger charge is 2.43. The summed E-state index contributed by atoms with van der Waals surface area (Å²) in [6.07, 6.45) is 5.68. The molecule has 0 aromatic heterocycles. The molecule has 2 bridgehead atoms. The van der Waals surface area contributed by atoms with Gasteiger partial charge in [0.15, 0.2) is 5.78 Å². The first-order chi connectivity index (χ1) is 17.4. The minimum Gasteiger partial charge on any atom is -0.365 e. The zero-order valence-electron chi connectivity index (χ0n) is 20.9. The van der Waals surface area contributed by atoms with Crippen molar-refractivity contribution in [2.45, 2.75) is 69.2 Å². The maximum Gasteiger partial charge on any atom is 0.151 e. The summed E-state index contributed by atoms with van der Waals surface area (Å²) in [6.45, 7) is 2.65. The van der Waals surface area contributed by atoms with E-state index in [2.05, 4.69) is 35.5 Å². The number of hydrogen-bond acceptors (Lipinski definition) is 5. The molecule has 6 heteroatoms. The van der Waals surface area contributed by atoms with Crippen LogP contribution in [0.5, 0.6) is 0 Å². The van der Waals surface area contributed by atoms with Crippen molar-refractivity contribution in [1.29, 1.82) is 5.26 Å². The Balaban J connectivity index is 1.17. The molecule has 0 amide bonds. The molecule has 3 aliphatic heterocycles. The van der Waals surface area contributed by atoms with Crippen molar-refractivity contribution in [2.24, 2.45) is 11.8 Å². The molecular weight excluding hydrogens is 453 g/mol. The van der Waals surface area contributed by atoms with Crippen molar-refractivity contribution < 1.29 is 13.9 Å². The number of benzene rings is 2. The van der Waals surface area contributed by atoms with E-state index in [1.165, 1.54) is 11.1 Å². The zero-order chi connectivity index (χ0) is 24.9. The van der Waals surface area contributed by atoms with Crippen molar-refractivity contribution in [3.63, 3.8) is 0 Å². The van der Waals surface area contributed by atoms with E-state index < -0.39 is 5.92 Å². The van der Waals surface area contributed by atoms with E-state index in [4.69, 9.17) is 4.74 Å². The van der Waals surface area contributed by atoms with E-state index in [-0.39, 0.29) is 36.1 Å². The molecule has 1 saturated carbocycles. The van der Waals surface area contributed by atoms with Crippen LogP contribution in [0.2, 0.25) is 0 Å². The standard InChI is InChI=1S/C30H34FN3O2/c1-34-10-8-30(9-11-34)26-15-20(3-5-24(26)18-36-30)21-2-4-22(27(31)16-21)12-19(17-32)13-28(35)29-23-6-7-25(14-23)33-29/h2-5,15-16,19,23,25,29,33H,6-14,18H2,1H3/t19-,23+,25-,29+/m1/s1. The number of ketones is 1. The Kier molecular flexibility index (Phi) is 6.19. The van der Waals surface area contributed by atoms with Crippen molar-refractivity contribution in [1.82, 2.24) is 10.2 Å². The summed E-state index contributed by atoms with van der Waals surface area (Å²) in [4.78, 5) is 15.2. The van der Waals surface area contributed by atoms with Crippen molar-refractivity contribution >= 4 is 5.78 Å². The fourth-order valence-corrected chi connectivity index (χ4v) is 6.90. The summed E-state index contributed by atoms with van der Waals surface area (Å²) in [6, 6.07) is 14.2. The van der Waals surface area contributed by atoms with Gasteiger partial charge in [0.05, 0.1) is 30.2 Å². The van der Waals surface area contributed by atoms with E-state index in [9.17, 15) is 10.1 Å². The molecule has 3 fully saturated rings. The largest absolute Gasteiger partial charge is 0.365 e. The van der Waals surface area contributed by atoms with Crippen molar-refractivity contribution in [2.75, 3.05) is 20.1 Å². The summed E-state index contributed by atoms with van der Waals surface area (Å²) >= 11 is 0. The maximum absolute atomic E-state index is 15.2. The van der Waals surface area contributed by atoms with Gasteiger partial charge in [-0.25, -0.2) is 4.39 Å². The lowest BCUT2D eigenvalue weighted by Crippen LogP contribution is -2.42. The van der Waals surface area contributed by atoms with Crippen LogP contribution in [-0.4, -0.2) is 42.9 Å². The molecule has 2 aromatic carbocycles. The number of likely N-dealkylation sites (tertiary alicyclic amines) is 1. The molecule has 1 N–H and O–H groups in total. The molecule has 1 aliphatic carbocycles. The Morgan fingerprint density at radius 1 is 1.22 bits per heavy atom. The second kappa shape index (κ2) is 9.37. The predicted molar refractivity (Wildman–Crippen MR) is 136 cm³/mol. The number of carbonyl (C=O) groups excluding carboxylic acids is 1. The van der Waals surface area contributed by atoms with Gasteiger partial charge in [0, 0.05) is 25.6 Å². The Bertz CT molecular complexity index is 1210. The highest BCUT2D eigenvalue weighted by molar-refractivity contribution is 5.85. The van der Waals surface area contributed by atoms with Crippen molar-refractivity contribution in [3.8, 4) is 17.2 Å². The second-order valence-corrected chi connectivity index (χ2v) is 11.4. The first kappa shape index (κ1) is 23.8. The van der Waals surface area contributed by atoms with Crippen LogP contribution in [0, 0.1) is 29.0 Å². The molecule has 4 atom stereocenters. The van der Waals surface area contributed by atoms with E-state index in [0.717, 1.165) is 56.3 Å². The number of nitriles is 1. The number of nitrogens with one attached hydrogen (secondary N) is 1. The molecule has 0 radical (unpaired) electrons. The van der Waals surface area contributed by atoms with Crippen LogP contribution >= 0.6 is 0 Å². The third-order valence-corrected chi connectivity index (χ3v) is 9.09. The molecular formula is C30H34FN3O2. The highest BCUT2D eigenvalue weighted by atomic mass is 19.1. The average Bonchev–Trinajstić information content (AvgIpc) is 3.62. The van der Waals surface area contributed by atoms with Crippen LogP contribution in [0.15, 0.2) is 36.4 Å². The third kappa shape index (κ3) is 4.28. The summed E-state index contributed by atoms with van der Waals surface area (Å²) in [5, 5.41) is 13.1. The molecule has 36 heavy (non-hydrogen) atoms. The van der Waals surface area contributed by atoms with Gasteiger partial charge in [0.2, 0.25) is 0 Å². The first-order valence-corrected chi connectivity index (χ1v) is 13.4. The first-order valence-electron chi connectivity index (χ1n) is 13.4. The number of hydrogen-bond donors (Lipinski definition) is 1. The number of piperidine rings is 2. The average molecular weight is 488 g/mol. The highest BCUT2D eigenvalue weighted by Crippen LogP contribution is 2.45. The van der Waals surface area contributed by atoms with Gasteiger partial charge in [0.1, 0.15) is 5.82 Å². The molecule has 3 heterocycles. The molecule has 0 unspecified atom stereocenters. The molecule has 2 saturated heterocycles. The van der Waals surface area contributed by atoms with Crippen LogP contribution in [-0.2, 0) is 28.2 Å². The predicted octanol–water partition coefficient (Wildman–Crippen LogP) is 4.73. The number of fused-ring (bicyclic) bond motifs is 4. The topological polar surface area (TPSA) is 65.4 Å². The van der Waals surface area contributed by atoms with Gasteiger partial charge < -0.3 is 15.0 Å². The Labute approximate surface area is 212 Å². The smallest absolute Gasteiger partial charge is 0.151 e. The number of rotatable bonds is 6. The molecule has 2 aromatic rings. The quantitative estimate of drug-likeness (QED) is 0.639. The number of carbonyl (C=O) groups is 1. The minimum absolute atomic E-state index is 0.106. The number of nitrogens with zero attached hydrogens (tertiary/aromatic N) is 2. The molecule has 5 nitrogen and oxygen atoms in total. The van der Waals surface area contributed by atoms with Gasteiger partial charge in [-0.3, -0.25) is 4.79 Å². The lowest BCUT2D eigenvalue weighted by Gasteiger charge is -2.37. The Morgan fingerprint density at radius 2 is 2.00 bits per heavy atom. The van der Waals surface area contributed by atoms with Crippen LogP contribution in [0.1, 0.15) is 55.2 Å². The fourth-order valence-electron chi connectivity index (χ4n) is 6.90. The molecule has 1 spiro atoms. The van der Waals surface area contributed by atoms with Gasteiger partial charge in [-0.15, -0.1) is 0 Å². The van der Waals surface area contributed by atoms with E-state index >= 15 is 4.39 Å². The lowest BCUT2D eigenvalue weighted by molar-refractivity contribution is -0.122. The van der Waals surface area contributed by atoms with Gasteiger partial charge >= 0.3 is 0 Å². The van der Waals surface area contributed by atoms with Gasteiger partial charge in [-0.05, 0) is 91.4 Å². The van der Waals surface area contributed by atoms with E-state index in [0.29, 0.717) is 24.1 Å². The summed E-state index contributed by atoms with van der Waals surface area (Å²) in [5.74, 6) is -0.317. The van der Waals surface area contributed by atoms with Gasteiger partial charge in [-0.2, -0.15) is 5.26 Å². The number of ether oxygens (including phenoxy) is 1. The SMILES string of the molecule is CN1CCC2(CC1)OCc1ccc(-c3ccc(C[C@@H](C#N)CC(=O)[C@H]4N[C@@H]5CC[C@H]4C5)c(F)c3)cc12. The number of halogens is 1. The third-order valence-electron chi connectivity index (χ3n) is 9.09. The number of Topliss-reactive ketones (excluding diaryl/α,β-unsaturated/α-hetero) is 1. The monoisotopic (exact) mass is 487 g/mol. The van der Waals surface area contributed by atoms with Crippen LogP contribution in [0.25, 0.3) is 11.1 Å².